The first-order valence-electron chi connectivity index (χ1n) is 7.26. The van der Waals surface area contributed by atoms with Crippen molar-refractivity contribution in [3.05, 3.63) is 59.9 Å². The van der Waals surface area contributed by atoms with E-state index in [0.717, 1.165) is 26.2 Å². The molecular formula is C17H19N3O. The van der Waals surface area contributed by atoms with Crippen molar-refractivity contribution in [2.45, 2.75) is 6.92 Å². The zero-order chi connectivity index (χ0) is 14.7. The Labute approximate surface area is 125 Å². The average Bonchev–Trinajstić information content (AvgIpc) is 2.56. The topological polar surface area (TPSA) is 36.4 Å². The van der Waals surface area contributed by atoms with Gasteiger partial charge in [0.15, 0.2) is 0 Å². The van der Waals surface area contributed by atoms with E-state index in [-0.39, 0.29) is 5.91 Å². The number of piperazine rings is 1. The number of carbonyl (C=O) groups is 1. The molecule has 0 atom stereocenters. The van der Waals surface area contributed by atoms with Crippen LogP contribution in [0.3, 0.4) is 0 Å². The van der Waals surface area contributed by atoms with E-state index in [1.807, 2.05) is 17.0 Å². The molecule has 21 heavy (non-hydrogen) atoms. The highest BCUT2D eigenvalue weighted by molar-refractivity contribution is 5.92. The van der Waals surface area contributed by atoms with Crippen LogP contribution in [0.4, 0.5) is 5.69 Å². The third-order valence-corrected chi connectivity index (χ3v) is 3.91. The number of hydrogen-bond acceptors (Lipinski definition) is 3. The lowest BCUT2D eigenvalue weighted by Crippen LogP contribution is -2.49. The highest BCUT2D eigenvalue weighted by Crippen LogP contribution is 2.21. The Morgan fingerprint density at radius 1 is 1.00 bits per heavy atom. The molecule has 2 aromatic rings. The van der Waals surface area contributed by atoms with Gasteiger partial charge in [-0.1, -0.05) is 24.3 Å². The lowest BCUT2D eigenvalue weighted by Gasteiger charge is -2.36. The van der Waals surface area contributed by atoms with Crippen molar-refractivity contribution in [2.24, 2.45) is 0 Å². The Bertz CT molecular complexity index is 619. The maximum absolute atomic E-state index is 12.4. The zero-order valence-electron chi connectivity index (χ0n) is 12.2. The van der Waals surface area contributed by atoms with Crippen LogP contribution in [0.15, 0.2) is 48.7 Å². The minimum absolute atomic E-state index is 0.0278. The SMILES string of the molecule is Cc1ccccc1N1CCN(C(=O)c2ccccn2)CC1. The molecule has 3 rings (SSSR count). The second-order valence-corrected chi connectivity index (χ2v) is 5.28. The molecule has 1 fully saturated rings. The van der Waals surface area contributed by atoms with Gasteiger partial charge in [0, 0.05) is 38.1 Å². The van der Waals surface area contributed by atoms with Crippen molar-refractivity contribution in [3.63, 3.8) is 0 Å². The van der Waals surface area contributed by atoms with Crippen LogP contribution in [0, 0.1) is 6.92 Å². The maximum atomic E-state index is 12.4. The lowest BCUT2D eigenvalue weighted by molar-refractivity contribution is 0.0741. The summed E-state index contributed by atoms with van der Waals surface area (Å²) in [6.45, 7) is 5.33. The van der Waals surface area contributed by atoms with Gasteiger partial charge in [-0.2, -0.15) is 0 Å². The van der Waals surface area contributed by atoms with Gasteiger partial charge in [-0.25, -0.2) is 0 Å². The van der Waals surface area contributed by atoms with Gasteiger partial charge in [-0.15, -0.1) is 0 Å². The van der Waals surface area contributed by atoms with Crippen molar-refractivity contribution >= 4 is 11.6 Å². The van der Waals surface area contributed by atoms with E-state index < -0.39 is 0 Å². The van der Waals surface area contributed by atoms with Gasteiger partial charge < -0.3 is 9.80 Å². The summed E-state index contributed by atoms with van der Waals surface area (Å²) in [4.78, 5) is 20.7. The standard InChI is InChI=1S/C17H19N3O/c1-14-6-2-3-8-16(14)19-10-12-20(13-11-19)17(21)15-7-4-5-9-18-15/h2-9H,10-13H2,1H3. The summed E-state index contributed by atoms with van der Waals surface area (Å²) in [5.41, 5.74) is 3.08. The minimum atomic E-state index is 0.0278. The van der Waals surface area contributed by atoms with Gasteiger partial charge in [-0.3, -0.25) is 9.78 Å². The summed E-state index contributed by atoms with van der Waals surface area (Å²) in [6, 6.07) is 13.8. The third kappa shape index (κ3) is 2.89. The molecule has 0 saturated carbocycles. The van der Waals surface area contributed by atoms with Gasteiger partial charge in [0.05, 0.1) is 0 Å². The fourth-order valence-corrected chi connectivity index (χ4v) is 2.72. The minimum Gasteiger partial charge on any atom is -0.368 e. The van der Waals surface area contributed by atoms with E-state index in [4.69, 9.17) is 0 Å². The van der Waals surface area contributed by atoms with Crippen LogP contribution in [0.1, 0.15) is 16.1 Å². The Hall–Kier alpha value is -2.36. The molecule has 0 aliphatic carbocycles. The molecule has 0 spiro atoms. The Balaban J connectivity index is 1.66. The first kappa shape index (κ1) is 13.6. The summed E-state index contributed by atoms with van der Waals surface area (Å²) < 4.78 is 0. The zero-order valence-corrected chi connectivity index (χ0v) is 12.2. The van der Waals surface area contributed by atoms with Crippen molar-refractivity contribution in [2.75, 3.05) is 31.1 Å². The number of nitrogens with zero attached hydrogens (tertiary/aromatic N) is 3. The highest BCUT2D eigenvalue weighted by atomic mass is 16.2. The molecule has 1 aromatic heterocycles. The molecule has 0 N–H and O–H groups in total. The lowest BCUT2D eigenvalue weighted by atomic mass is 10.1. The second-order valence-electron chi connectivity index (χ2n) is 5.28. The number of pyridine rings is 1. The number of aryl methyl sites for hydroxylation is 1. The number of benzene rings is 1. The molecule has 1 aliphatic heterocycles. The monoisotopic (exact) mass is 281 g/mol. The molecule has 0 unspecified atom stereocenters. The van der Waals surface area contributed by atoms with E-state index in [2.05, 4.69) is 41.1 Å². The number of para-hydroxylation sites is 1. The third-order valence-electron chi connectivity index (χ3n) is 3.91. The predicted molar refractivity (Wildman–Crippen MR) is 83.5 cm³/mol. The summed E-state index contributed by atoms with van der Waals surface area (Å²) in [5.74, 6) is 0.0278. The number of hydrogen-bond donors (Lipinski definition) is 0. The van der Waals surface area contributed by atoms with E-state index in [9.17, 15) is 4.79 Å². The van der Waals surface area contributed by atoms with Gasteiger partial charge in [0.1, 0.15) is 5.69 Å². The maximum Gasteiger partial charge on any atom is 0.272 e. The quantitative estimate of drug-likeness (QED) is 0.848. The molecule has 4 heteroatoms. The normalized spacial score (nSPS) is 15.1. The fourth-order valence-electron chi connectivity index (χ4n) is 2.72. The number of carbonyl (C=O) groups excluding carboxylic acids is 1. The summed E-state index contributed by atoms with van der Waals surface area (Å²) >= 11 is 0. The van der Waals surface area contributed by atoms with Crippen LogP contribution < -0.4 is 4.90 Å². The van der Waals surface area contributed by atoms with Crippen molar-refractivity contribution < 1.29 is 4.79 Å². The number of aromatic nitrogens is 1. The number of rotatable bonds is 2. The average molecular weight is 281 g/mol. The van der Waals surface area contributed by atoms with E-state index >= 15 is 0 Å². The van der Waals surface area contributed by atoms with Crippen molar-refractivity contribution in [3.8, 4) is 0 Å². The molecule has 0 bridgehead atoms. The van der Waals surface area contributed by atoms with Gasteiger partial charge in [0.25, 0.3) is 5.91 Å². The smallest absolute Gasteiger partial charge is 0.272 e. The van der Waals surface area contributed by atoms with E-state index in [0.29, 0.717) is 5.69 Å². The van der Waals surface area contributed by atoms with Crippen LogP contribution in [-0.2, 0) is 0 Å². The number of amides is 1. The molecular weight excluding hydrogens is 262 g/mol. The van der Waals surface area contributed by atoms with Crippen LogP contribution in [0.5, 0.6) is 0 Å². The predicted octanol–water partition coefficient (Wildman–Crippen LogP) is 2.35. The van der Waals surface area contributed by atoms with E-state index in [1.54, 1.807) is 12.3 Å². The Morgan fingerprint density at radius 2 is 1.71 bits per heavy atom. The fraction of sp³-hybridized carbons (Fsp3) is 0.294. The molecule has 4 nitrogen and oxygen atoms in total. The van der Waals surface area contributed by atoms with Crippen LogP contribution in [-0.4, -0.2) is 42.0 Å². The molecule has 1 amide bonds. The van der Waals surface area contributed by atoms with E-state index in [1.165, 1.54) is 11.3 Å². The largest absolute Gasteiger partial charge is 0.368 e. The first-order chi connectivity index (χ1) is 10.3. The molecule has 2 heterocycles. The van der Waals surface area contributed by atoms with Crippen LogP contribution in [0.2, 0.25) is 0 Å². The summed E-state index contributed by atoms with van der Waals surface area (Å²) in [7, 11) is 0. The summed E-state index contributed by atoms with van der Waals surface area (Å²) in [5, 5.41) is 0. The first-order valence-corrected chi connectivity index (χ1v) is 7.26. The molecule has 1 aliphatic rings. The second kappa shape index (κ2) is 5.95. The Morgan fingerprint density at radius 3 is 2.38 bits per heavy atom. The van der Waals surface area contributed by atoms with Crippen LogP contribution >= 0.6 is 0 Å². The highest BCUT2D eigenvalue weighted by Gasteiger charge is 2.23. The summed E-state index contributed by atoms with van der Waals surface area (Å²) in [6.07, 6.45) is 1.66. The van der Waals surface area contributed by atoms with Crippen molar-refractivity contribution in [1.82, 2.24) is 9.88 Å². The Kier molecular flexibility index (Phi) is 3.86. The van der Waals surface area contributed by atoms with Gasteiger partial charge >= 0.3 is 0 Å². The van der Waals surface area contributed by atoms with Crippen molar-refractivity contribution in [1.29, 1.82) is 0 Å². The molecule has 1 aromatic carbocycles. The number of anilines is 1. The molecule has 0 radical (unpaired) electrons. The molecule has 1 saturated heterocycles. The molecule has 108 valence electrons. The van der Waals surface area contributed by atoms with Crippen LogP contribution in [0.25, 0.3) is 0 Å². The van der Waals surface area contributed by atoms with Gasteiger partial charge in [-0.05, 0) is 30.7 Å². The van der Waals surface area contributed by atoms with Gasteiger partial charge in [0.2, 0.25) is 0 Å².